The van der Waals surface area contributed by atoms with Gasteiger partial charge >= 0.3 is 11.9 Å². The van der Waals surface area contributed by atoms with Gasteiger partial charge < -0.3 is 13.9 Å². The van der Waals surface area contributed by atoms with Crippen molar-refractivity contribution in [3.8, 4) is 0 Å². The molecule has 0 unspecified atom stereocenters. The van der Waals surface area contributed by atoms with Gasteiger partial charge in [0.25, 0.3) is 0 Å². The third-order valence-electron chi connectivity index (χ3n) is 6.25. The molecule has 0 aromatic carbocycles. The number of esters is 2. The summed E-state index contributed by atoms with van der Waals surface area (Å²) in [6, 6.07) is 0. The normalized spacial score (nSPS) is 21.8. The van der Waals surface area contributed by atoms with Crippen LogP contribution in [0.4, 0.5) is 0 Å². The number of hydrogen-bond donors (Lipinski definition) is 0. The predicted molar refractivity (Wildman–Crippen MR) is 119 cm³/mol. The smallest absolute Gasteiger partial charge is 0.330 e. The van der Waals surface area contributed by atoms with Crippen molar-refractivity contribution in [1.29, 1.82) is 0 Å². The molecule has 0 aromatic rings. The maximum Gasteiger partial charge on any atom is 0.330 e. The molecule has 1 saturated heterocycles. The van der Waals surface area contributed by atoms with E-state index in [0.29, 0.717) is 42.7 Å². The summed E-state index contributed by atoms with van der Waals surface area (Å²) in [6.07, 6.45) is 5.03. The van der Waals surface area contributed by atoms with E-state index < -0.39 is 8.32 Å². The molecule has 29 heavy (non-hydrogen) atoms. The Balaban J connectivity index is 2.71. The maximum atomic E-state index is 12.1. The number of carbonyl (C=O) groups excluding carboxylic acids is 2. The van der Waals surface area contributed by atoms with Crippen LogP contribution in [-0.4, -0.2) is 39.6 Å². The van der Waals surface area contributed by atoms with Gasteiger partial charge in [0.15, 0.2) is 8.32 Å². The Morgan fingerprint density at radius 1 is 1.14 bits per heavy atom. The monoisotopic (exact) mass is 426 g/mol. The number of carbonyl (C=O) groups is 2. The lowest BCUT2D eigenvalue weighted by Crippen LogP contribution is -2.49. The zero-order valence-electron chi connectivity index (χ0n) is 19.7. The fourth-order valence-electron chi connectivity index (χ4n) is 4.87. The lowest BCUT2D eigenvalue weighted by Gasteiger charge is -2.43. The minimum Gasteiger partial charge on any atom is -0.463 e. The quantitative estimate of drug-likeness (QED) is 0.243. The number of rotatable bonds is 11. The first kappa shape index (κ1) is 25.9. The van der Waals surface area contributed by atoms with E-state index in [2.05, 4.69) is 48.5 Å². The standard InChI is InChI=1S/C23H42O5Si/c1-9-26-22(24)12-10-11-20-13-21(28-23(25)14-20)19(8)15-27-29(16(2)3,17(4)5)18(6)7/h10,12,16-21H,9,11,13-15H2,1-8H3/b12-10+/t19-,20-,21-/m1/s1. The zero-order chi connectivity index (χ0) is 22.2. The van der Waals surface area contributed by atoms with Crippen molar-refractivity contribution in [3.63, 3.8) is 0 Å². The molecule has 0 N–H and O–H groups in total. The molecular formula is C23H42O5Si. The van der Waals surface area contributed by atoms with Crippen LogP contribution < -0.4 is 0 Å². The number of hydrogen-bond acceptors (Lipinski definition) is 5. The maximum absolute atomic E-state index is 12.1. The molecule has 6 heteroatoms. The van der Waals surface area contributed by atoms with Crippen molar-refractivity contribution < 1.29 is 23.5 Å². The zero-order valence-corrected chi connectivity index (χ0v) is 20.7. The Hall–Kier alpha value is -1.14. The molecule has 1 heterocycles. The molecule has 0 aromatic heterocycles. The minimum absolute atomic E-state index is 0.129. The van der Waals surface area contributed by atoms with Crippen molar-refractivity contribution >= 4 is 20.3 Å². The SMILES string of the molecule is CCOC(=O)/C=C/C[C@H]1CC(=O)O[C@@H]([C@H](C)CO[Si](C(C)C)(C(C)C)C(C)C)C1. The summed E-state index contributed by atoms with van der Waals surface area (Å²) in [4.78, 5) is 23.6. The summed E-state index contributed by atoms with van der Waals surface area (Å²) < 4.78 is 17.3. The number of ether oxygens (including phenoxy) is 2. The fourth-order valence-corrected chi connectivity index (χ4v) is 10.4. The molecule has 0 spiro atoms. The van der Waals surface area contributed by atoms with Gasteiger partial charge in [0, 0.05) is 25.0 Å². The van der Waals surface area contributed by atoms with Crippen LogP contribution >= 0.6 is 0 Å². The Bertz CT molecular complexity index is 534. The molecule has 168 valence electrons. The second-order valence-electron chi connectivity index (χ2n) is 9.33. The summed E-state index contributed by atoms with van der Waals surface area (Å²) in [6.45, 7) is 18.6. The summed E-state index contributed by atoms with van der Waals surface area (Å²) in [7, 11) is -1.93. The topological polar surface area (TPSA) is 61.8 Å². The van der Waals surface area contributed by atoms with Crippen molar-refractivity contribution in [2.75, 3.05) is 13.2 Å². The van der Waals surface area contributed by atoms with Gasteiger partial charge in [-0.15, -0.1) is 0 Å². The average Bonchev–Trinajstić information content (AvgIpc) is 2.60. The lowest BCUT2D eigenvalue weighted by molar-refractivity contribution is -0.160. The summed E-state index contributed by atoms with van der Waals surface area (Å²) >= 11 is 0. The molecule has 0 radical (unpaired) electrons. The van der Waals surface area contributed by atoms with Crippen molar-refractivity contribution in [2.24, 2.45) is 11.8 Å². The van der Waals surface area contributed by atoms with Crippen molar-refractivity contribution in [2.45, 2.75) is 97.4 Å². The van der Waals surface area contributed by atoms with Crippen LogP contribution in [0.5, 0.6) is 0 Å². The van der Waals surface area contributed by atoms with E-state index in [4.69, 9.17) is 13.9 Å². The Morgan fingerprint density at radius 3 is 2.24 bits per heavy atom. The van der Waals surface area contributed by atoms with E-state index in [1.54, 1.807) is 6.92 Å². The summed E-state index contributed by atoms with van der Waals surface area (Å²) in [5.41, 5.74) is 1.60. The highest BCUT2D eigenvalue weighted by Gasteiger charge is 2.45. The van der Waals surface area contributed by atoms with Gasteiger partial charge in [-0.1, -0.05) is 54.5 Å². The predicted octanol–water partition coefficient (Wildman–Crippen LogP) is 5.65. The van der Waals surface area contributed by atoms with Gasteiger partial charge in [0.1, 0.15) is 6.10 Å². The molecule has 3 atom stereocenters. The highest BCUT2D eigenvalue weighted by Crippen LogP contribution is 2.42. The number of cyclic esters (lactones) is 1. The Morgan fingerprint density at radius 2 is 1.72 bits per heavy atom. The van der Waals surface area contributed by atoms with Crippen LogP contribution in [0.1, 0.15) is 74.7 Å². The van der Waals surface area contributed by atoms with Gasteiger partial charge in [-0.25, -0.2) is 4.79 Å². The second kappa shape index (κ2) is 11.9. The van der Waals surface area contributed by atoms with Crippen molar-refractivity contribution in [1.82, 2.24) is 0 Å². The summed E-state index contributed by atoms with van der Waals surface area (Å²) in [5.74, 6) is -0.139. The Labute approximate surface area is 178 Å². The molecule has 0 amide bonds. The van der Waals surface area contributed by atoms with Gasteiger partial charge in [-0.05, 0) is 42.3 Å². The molecule has 0 aliphatic carbocycles. The summed E-state index contributed by atoms with van der Waals surface area (Å²) in [5, 5.41) is 0. The molecular weight excluding hydrogens is 384 g/mol. The lowest BCUT2D eigenvalue weighted by atomic mass is 9.87. The average molecular weight is 427 g/mol. The van der Waals surface area contributed by atoms with Crippen LogP contribution in [0, 0.1) is 11.8 Å². The van der Waals surface area contributed by atoms with E-state index in [9.17, 15) is 9.59 Å². The highest BCUT2D eigenvalue weighted by molar-refractivity contribution is 6.77. The van der Waals surface area contributed by atoms with Gasteiger partial charge in [-0.3, -0.25) is 4.79 Å². The first-order valence-corrected chi connectivity index (χ1v) is 13.3. The third-order valence-corrected chi connectivity index (χ3v) is 12.3. The first-order chi connectivity index (χ1) is 13.5. The van der Waals surface area contributed by atoms with Gasteiger partial charge in [-0.2, -0.15) is 0 Å². The molecule has 1 fully saturated rings. The van der Waals surface area contributed by atoms with Gasteiger partial charge in [0.2, 0.25) is 0 Å². The van der Waals surface area contributed by atoms with E-state index in [1.807, 2.05) is 6.08 Å². The Kier molecular flexibility index (Phi) is 10.6. The third kappa shape index (κ3) is 7.25. The van der Waals surface area contributed by atoms with Crippen LogP contribution in [0.3, 0.4) is 0 Å². The molecule has 1 rings (SSSR count). The van der Waals surface area contributed by atoms with E-state index >= 15 is 0 Å². The molecule has 1 aliphatic rings. The van der Waals surface area contributed by atoms with E-state index in [0.717, 1.165) is 6.42 Å². The molecule has 0 bridgehead atoms. The number of allylic oxidation sites excluding steroid dienone is 1. The van der Waals surface area contributed by atoms with Gasteiger partial charge in [0.05, 0.1) is 6.61 Å². The fraction of sp³-hybridized carbons (Fsp3) is 0.826. The molecule has 0 saturated carbocycles. The first-order valence-electron chi connectivity index (χ1n) is 11.2. The molecule has 5 nitrogen and oxygen atoms in total. The van der Waals surface area contributed by atoms with Crippen molar-refractivity contribution in [3.05, 3.63) is 12.2 Å². The van der Waals surface area contributed by atoms with Crippen LogP contribution in [0.25, 0.3) is 0 Å². The van der Waals surface area contributed by atoms with Crippen LogP contribution in [-0.2, 0) is 23.5 Å². The van der Waals surface area contributed by atoms with Crippen LogP contribution in [0.2, 0.25) is 16.6 Å². The second-order valence-corrected chi connectivity index (χ2v) is 14.8. The van der Waals surface area contributed by atoms with E-state index in [1.165, 1.54) is 6.08 Å². The largest absolute Gasteiger partial charge is 0.463 e. The highest BCUT2D eigenvalue weighted by atomic mass is 28.4. The van der Waals surface area contributed by atoms with E-state index in [-0.39, 0.29) is 29.9 Å². The minimum atomic E-state index is -1.93. The van der Waals surface area contributed by atoms with Crippen LogP contribution in [0.15, 0.2) is 12.2 Å². The molecule has 1 aliphatic heterocycles.